The van der Waals surface area contributed by atoms with Gasteiger partial charge in [0, 0.05) is 47.4 Å². The van der Waals surface area contributed by atoms with E-state index in [2.05, 4.69) is 70.0 Å². The molecule has 1 aliphatic heterocycles. The molecule has 6 nitrogen and oxygen atoms in total. The fraction of sp³-hybridized carbons (Fsp3) is 0.292. The molecule has 0 atom stereocenters. The third-order valence-corrected chi connectivity index (χ3v) is 5.97. The lowest BCUT2D eigenvalue weighted by Crippen LogP contribution is -2.33. The summed E-state index contributed by atoms with van der Waals surface area (Å²) in [6, 6.07) is 14.9. The molecule has 0 radical (unpaired) electrons. The Morgan fingerprint density at radius 3 is 2.77 bits per heavy atom. The number of fused-ring (bicyclic) bond motifs is 2. The summed E-state index contributed by atoms with van der Waals surface area (Å²) < 4.78 is 7.83. The van der Waals surface area contributed by atoms with E-state index in [0.717, 1.165) is 29.5 Å². The SMILES string of the molecule is CC(C)n1ccc2cc(-c3nc(-c4ccc5c(c4)CN(CC(=O)Cl)CC5)no3)ccc21. The van der Waals surface area contributed by atoms with Crippen LogP contribution in [0.1, 0.15) is 31.0 Å². The molecule has 0 aliphatic carbocycles. The van der Waals surface area contributed by atoms with Crippen LogP contribution in [-0.2, 0) is 17.8 Å². The van der Waals surface area contributed by atoms with Crippen LogP contribution in [0.4, 0.5) is 0 Å². The molecule has 0 saturated carbocycles. The van der Waals surface area contributed by atoms with Crippen molar-refractivity contribution in [3.8, 4) is 22.8 Å². The number of carbonyl (C=O) groups excluding carboxylic acids is 1. The van der Waals surface area contributed by atoms with E-state index in [1.165, 1.54) is 16.6 Å². The van der Waals surface area contributed by atoms with E-state index in [1.807, 2.05) is 12.1 Å². The molecule has 4 aromatic rings. The van der Waals surface area contributed by atoms with Crippen LogP contribution >= 0.6 is 11.6 Å². The predicted molar refractivity (Wildman–Crippen MR) is 121 cm³/mol. The van der Waals surface area contributed by atoms with Gasteiger partial charge in [0.2, 0.25) is 11.1 Å². The number of nitrogens with zero attached hydrogens (tertiary/aromatic N) is 4. The van der Waals surface area contributed by atoms with Crippen molar-refractivity contribution in [1.29, 1.82) is 0 Å². The number of aromatic nitrogens is 3. The molecule has 31 heavy (non-hydrogen) atoms. The quantitative estimate of drug-likeness (QED) is 0.410. The topological polar surface area (TPSA) is 64.2 Å². The summed E-state index contributed by atoms with van der Waals surface area (Å²) in [5, 5.41) is 5.03. The molecule has 1 aliphatic rings. The van der Waals surface area contributed by atoms with Crippen molar-refractivity contribution in [2.24, 2.45) is 0 Å². The van der Waals surface area contributed by atoms with E-state index >= 15 is 0 Å². The lowest BCUT2D eigenvalue weighted by molar-refractivity contribution is -0.112. The zero-order valence-electron chi connectivity index (χ0n) is 17.5. The minimum atomic E-state index is -0.330. The summed E-state index contributed by atoms with van der Waals surface area (Å²) in [6.07, 6.45) is 3.00. The molecule has 0 amide bonds. The molecular formula is C24H23ClN4O2. The molecule has 7 heteroatoms. The first-order chi connectivity index (χ1) is 15.0. The van der Waals surface area contributed by atoms with Crippen molar-refractivity contribution in [2.75, 3.05) is 13.1 Å². The van der Waals surface area contributed by atoms with Crippen molar-refractivity contribution >= 4 is 27.7 Å². The van der Waals surface area contributed by atoms with Gasteiger partial charge in [-0.1, -0.05) is 17.3 Å². The Labute approximate surface area is 185 Å². The third kappa shape index (κ3) is 3.89. The second-order valence-corrected chi connectivity index (χ2v) is 8.73. The number of carbonyl (C=O) groups is 1. The standard InChI is InChI=1S/C24H23ClN4O2/c1-15(2)29-10-8-17-11-19(5-6-21(17)29)24-26-23(27-31-24)18-4-3-16-7-9-28(14-22(25)30)13-20(16)12-18/h3-6,8,10-12,15H,7,9,13-14H2,1-2H3. The highest BCUT2D eigenvalue weighted by Crippen LogP contribution is 2.29. The molecule has 0 unspecified atom stereocenters. The molecule has 0 saturated heterocycles. The zero-order valence-corrected chi connectivity index (χ0v) is 18.3. The first-order valence-corrected chi connectivity index (χ1v) is 10.8. The Kier molecular flexibility index (Phi) is 5.12. The second-order valence-electron chi connectivity index (χ2n) is 8.31. The van der Waals surface area contributed by atoms with E-state index in [1.54, 1.807) is 0 Å². The number of halogens is 1. The van der Waals surface area contributed by atoms with Crippen LogP contribution in [-0.4, -0.2) is 37.9 Å². The van der Waals surface area contributed by atoms with Gasteiger partial charge in [-0.3, -0.25) is 9.69 Å². The average Bonchev–Trinajstić information content (AvgIpc) is 3.39. The lowest BCUT2D eigenvalue weighted by Gasteiger charge is -2.27. The highest BCUT2D eigenvalue weighted by molar-refractivity contribution is 6.64. The van der Waals surface area contributed by atoms with Gasteiger partial charge in [-0.2, -0.15) is 4.98 Å². The maximum absolute atomic E-state index is 11.3. The van der Waals surface area contributed by atoms with Gasteiger partial charge in [-0.15, -0.1) is 0 Å². The molecule has 0 N–H and O–H groups in total. The largest absolute Gasteiger partial charge is 0.345 e. The van der Waals surface area contributed by atoms with Gasteiger partial charge >= 0.3 is 0 Å². The predicted octanol–water partition coefficient (Wildman–Crippen LogP) is 5.06. The van der Waals surface area contributed by atoms with Gasteiger partial charge in [0.1, 0.15) is 0 Å². The highest BCUT2D eigenvalue weighted by Gasteiger charge is 2.20. The smallest absolute Gasteiger partial charge is 0.258 e. The fourth-order valence-corrected chi connectivity index (χ4v) is 4.44. The summed E-state index contributed by atoms with van der Waals surface area (Å²) in [7, 11) is 0. The van der Waals surface area contributed by atoms with E-state index in [0.29, 0.717) is 24.3 Å². The molecule has 2 aromatic heterocycles. The van der Waals surface area contributed by atoms with Crippen molar-refractivity contribution in [3.05, 3.63) is 59.8 Å². The molecule has 0 bridgehead atoms. The van der Waals surface area contributed by atoms with E-state index < -0.39 is 0 Å². The van der Waals surface area contributed by atoms with Gasteiger partial charge in [-0.05, 0) is 73.3 Å². The monoisotopic (exact) mass is 434 g/mol. The van der Waals surface area contributed by atoms with Crippen LogP contribution in [0, 0.1) is 0 Å². The number of hydrogen-bond donors (Lipinski definition) is 0. The maximum atomic E-state index is 11.3. The minimum absolute atomic E-state index is 0.262. The van der Waals surface area contributed by atoms with E-state index in [4.69, 9.17) is 16.1 Å². The molecule has 5 rings (SSSR count). The Bertz CT molecular complexity index is 1270. The summed E-state index contributed by atoms with van der Waals surface area (Å²) in [4.78, 5) is 18.0. The molecule has 0 fully saturated rings. The molecular weight excluding hydrogens is 412 g/mol. The van der Waals surface area contributed by atoms with E-state index in [-0.39, 0.29) is 11.8 Å². The molecule has 158 valence electrons. The summed E-state index contributed by atoms with van der Waals surface area (Å²) >= 11 is 5.57. The third-order valence-electron chi connectivity index (χ3n) is 5.85. The van der Waals surface area contributed by atoms with E-state index in [9.17, 15) is 4.79 Å². The first-order valence-electron chi connectivity index (χ1n) is 10.5. The van der Waals surface area contributed by atoms with Crippen molar-refractivity contribution in [1.82, 2.24) is 19.6 Å². The van der Waals surface area contributed by atoms with Crippen molar-refractivity contribution in [2.45, 2.75) is 32.9 Å². The van der Waals surface area contributed by atoms with Crippen LogP contribution in [0.2, 0.25) is 0 Å². The van der Waals surface area contributed by atoms with Gasteiger partial charge in [0.25, 0.3) is 5.89 Å². The number of hydrogen-bond acceptors (Lipinski definition) is 5. The molecule has 2 aromatic carbocycles. The maximum Gasteiger partial charge on any atom is 0.258 e. The first kappa shape index (κ1) is 20.0. The molecule has 3 heterocycles. The van der Waals surface area contributed by atoms with Crippen LogP contribution in [0.3, 0.4) is 0 Å². The normalized spacial score (nSPS) is 14.3. The lowest BCUT2D eigenvalue weighted by atomic mass is 9.97. The Morgan fingerprint density at radius 2 is 1.97 bits per heavy atom. The number of rotatable bonds is 5. The van der Waals surface area contributed by atoms with Crippen LogP contribution in [0.15, 0.2) is 53.2 Å². The highest BCUT2D eigenvalue weighted by atomic mass is 35.5. The van der Waals surface area contributed by atoms with Gasteiger partial charge in [0.15, 0.2) is 0 Å². The van der Waals surface area contributed by atoms with Gasteiger partial charge < -0.3 is 9.09 Å². The minimum Gasteiger partial charge on any atom is -0.345 e. The van der Waals surface area contributed by atoms with Crippen LogP contribution in [0.5, 0.6) is 0 Å². The Hall–Kier alpha value is -2.96. The second kappa shape index (κ2) is 7.94. The molecule has 0 spiro atoms. The Balaban J connectivity index is 1.42. The summed E-state index contributed by atoms with van der Waals surface area (Å²) in [6.45, 7) is 6.12. The summed E-state index contributed by atoms with van der Waals surface area (Å²) in [5.41, 5.74) is 5.45. The zero-order chi connectivity index (χ0) is 21.5. The average molecular weight is 435 g/mol. The number of benzene rings is 2. The van der Waals surface area contributed by atoms with Gasteiger partial charge in [0.05, 0.1) is 6.54 Å². The summed E-state index contributed by atoms with van der Waals surface area (Å²) in [5.74, 6) is 1.06. The Morgan fingerprint density at radius 1 is 1.13 bits per heavy atom. The van der Waals surface area contributed by atoms with Crippen molar-refractivity contribution < 1.29 is 9.32 Å². The van der Waals surface area contributed by atoms with Crippen LogP contribution < -0.4 is 0 Å². The van der Waals surface area contributed by atoms with Crippen molar-refractivity contribution in [3.63, 3.8) is 0 Å². The van der Waals surface area contributed by atoms with Gasteiger partial charge in [-0.25, -0.2) is 0 Å². The van der Waals surface area contributed by atoms with Crippen LogP contribution in [0.25, 0.3) is 33.7 Å². The fourth-order valence-electron chi connectivity index (χ4n) is 4.27.